The third-order valence-corrected chi connectivity index (χ3v) is 3.22. The Morgan fingerprint density at radius 1 is 1.35 bits per heavy atom. The smallest absolute Gasteiger partial charge is 0.336 e. The van der Waals surface area contributed by atoms with Crippen molar-refractivity contribution in [1.82, 2.24) is 10.2 Å². The summed E-state index contributed by atoms with van der Waals surface area (Å²) in [5.74, 6) is -0.509. The molecule has 0 spiro atoms. The highest BCUT2D eigenvalue weighted by Crippen LogP contribution is 2.32. The second-order valence-corrected chi connectivity index (χ2v) is 4.41. The Morgan fingerprint density at radius 3 is 2.71 bits per heavy atom. The number of aromatic carboxylic acids is 1. The third-order valence-electron chi connectivity index (χ3n) is 2.14. The number of aromatic nitrogens is 2. The predicted molar refractivity (Wildman–Crippen MR) is 61.3 cm³/mol. The van der Waals surface area contributed by atoms with Crippen LogP contribution in [0.1, 0.15) is 21.8 Å². The summed E-state index contributed by atoms with van der Waals surface area (Å²) in [5.41, 5.74) is 1.11. The molecule has 0 radical (unpaired) electrons. The van der Waals surface area contributed by atoms with Gasteiger partial charge in [-0.15, -0.1) is 10.2 Å². The van der Waals surface area contributed by atoms with Crippen LogP contribution in [0.25, 0.3) is 0 Å². The predicted octanol–water partition coefficient (Wildman–Crippen LogP) is 2.54. The van der Waals surface area contributed by atoms with Gasteiger partial charge in [0.2, 0.25) is 5.89 Å². The van der Waals surface area contributed by atoms with Gasteiger partial charge in [0.15, 0.2) is 0 Å². The maximum absolute atomic E-state index is 11.1. The lowest BCUT2D eigenvalue weighted by molar-refractivity contribution is 0.0693. The van der Waals surface area contributed by atoms with E-state index in [1.54, 1.807) is 19.1 Å². The van der Waals surface area contributed by atoms with Crippen molar-refractivity contribution in [1.29, 1.82) is 0 Å². The molecular formula is C11H10N2O3S. The minimum absolute atomic E-state index is 0.242. The summed E-state index contributed by atoms with van der Waals surface area (Å²) in [6, 6.07) is 5.11. The molecule has 1 aromatic carbocycles. The van der Waals surface area contributed by atoms with Crippen LogP contribution in [0.15, 0.2) is 32.7 Å². The normalized spacial score (nSPS) is 10.5. The first-order valence-electron chi connectivity index (χ1n) is 4.89. The number of rotatable bonds is 3. The van der Waals surface area contributed by atoms with Crippen LogP contribution in [-0.2, 0) is 0 Å². The van der Waals surface area contributed by atoms with Gasteiger partial charge in [-0.2, -0.15) is 0 Å². The molecule has 0 bridgehead atoms. The SMILES string of the molecule is Cc1nnc(Sc2c(C)cccc2C(=O)O)o1. The average Bonchev–Trinajstić information content (AvgIpc) is 2.67. The van der Waals surface area contributed by atoms with Gasteiger partial charge in [0.05, 0.1) is 5.56 Å². The fraction of sp³-hybridized carbons (Fsp3) is 0.182. The van der Waals surface area contributed by atoms with Crippen molar-refractivity contribution in [3.8, 4) is 0 Å². The molecule has 0 amide bonds. The average molecular weight is 250 g/mol. The molecule has 0 unspecified atom stereocenters. The molecule has 0 aliphatic heterocycles. The zero-order valence-corrected chi connectivity index (χ0v) is 10.1. The Morgan fingerprint density at radius 2 is 2.12 bits per heavy atom. The lowest BCUT2D eigenvalue weighted by Gasteiger charge is -2.05. The van der Waals surface area contributed by atoms with E-state index in [0.717, 1.165) is 5.56 Å². The Kier molecular flexibility index (Phi) is 3.14. The largest absolute Gasteiger partial charge is 0.478 e. The topological polar surface area (TPSA) is 76.2 Å². The first-order valence-corrected chi connectivity index (χ1v) is 5.70. The van der Waals surface area contributed by atoms with Gasteiger partial charge in [-0.1, -0.05) is 12.1 Å². The van der Waals surface area contributed by atoms with Gasteiger partial charge >= 0.3 is 5.97 Å². The zero-order valence-electron chi connectivity index (χ0n) is 9.30. The van der Waals surface area contributed by atoms with Crippen molar-refractivity contribution in [2.45, 2.75) is 24.0 Å². The maximum Gasteiger partial charge on any atom is 0.336 e. The summed E-state index contributed by atoms with van der Waals surface area (Å²) in [4.78, 5) is 11.7. The molecule has 17 heavy (non-hydrogen) atoms. The van der Waals surface area contributed by atoms with Crippen LogP contribution < -0.4 is 0 Å². The highest BCUT2D eigenvalue weighted by molar-refractivity contribution is 7.99. The Labute approximate surface area is 102 Å². The number of carbonyl (C=O) groups is 1. The first-order chi connectivity index (χ1) is 8.08. The Bertz CT molecular complexity index is 566. The minimum Gasteiger partial charge on any atom is -0.478 e. The van der Waals surface area contributed by atoms with E-state index in [-0.39, 0.29) is 5.56 Å². The Hall–Kier alpha value is -1.82. The quantitative estimate of drug-likeness (QED) is 0.902. The van der Waals surface area contributed by atoms with Crippen LogP contribution in [0.5, 0.6) is 0 Å². The zero-order chi connectivity index (χ0) is 12.4. The molecule has 0 saturated heterocycles. The van der Waals surface area contributed by atoms with Crippen LogP contribution in [0, 0.1) is 13.8 Å². The lowest BCUT2D eigenvalue weighted by Crippen LogP contribution is -2.00. The maximum atomic E-state index is 11.1. The number of carboxylic acids is 1. The molecule has 6 heteroatoms. The number of aryl methyl sites for hydroxylation is 2. The van der Waals surface area contributed by atoms with E-state index in [1.165, 1.54) is 11.8 Å². The van der Waals surface area contributed by atoms with Crippen LogP contribution in [0.4, 0.5) is 0 Å². The highest BCUT2D eigenvalue weighted by atomic mass is 32.2. The van der Waals surface area contributed by atoms with Crippen molar-refractivity contribution >= 4 is 17.7 Å². The Balaban J connectivity index is 2.40. The van der Waals surface area contributed by atoms with Gasteiger partial charge in [-0.3, -0.25) is 0 Å². The lowest BCUT2D eigenvalue weighted by atomic mass is 10.1. The second kappa shape index (κ2) is 4.58. The number of nitrogens with zero attached hydrogens (tertiary/aromatic N) is 2. The van der Waals surface area contributed by atoms with E-state index < -0.39 is 5.97 Å². The van der Waals surface area contributed by atoms with E-state index in [0.29, 0.717) is 16.0 Å². The molecule has 1 aromatic heterocycles. The fourth-order valence-electron chi connectivity index (χ4n) is 1.36. The highest BCUT2D eigenvalue weighted by Gasteiger charge is 2.15. The summed E-state index contributed by atoms with van der Waals surface area (Å²) in [6.45, 7) is 3.53. The minimum atomic E-state index is -0.965. The van der Waals surface area contributed by atoms with Gasteiger partial charge < -0.3 is 9.52 Å². The molecule has 88 valence electrons. The van der Waals surface area contributed by atoms with E-state index in [1.807, 2.05) is 13.0 Å². The standard InChI is InChI=1S/C11H10N2O3S/c1-6-4-3-5-8(10(14)15)9(6)17-11-13-12-7(2)16-11/h3-5H,1-2H3,(H,14,15). The van der Waals surface area contributed by atoms with Crippen LogP contribution in [-0.4, -0.2) is 21.3 Å². The molecule has 2 rings (SSSR count). The number of hydrogen-bond acceptors (Lipinski definition) is 5. The van der Waals surface area contributed by atoms with Gasteiger partial charge in [0.25, 0.3) is 5.22 Å². The van der Waals surface area contributed by atoms with Crippen molar-refractivity contribution < 1.29 is 14.3 Å². The molecule has 1 heterocycles. The molecule has 1 N–H and O–H groups in total. The van der Waals surface area contributed by atoms with Gasteiger partial charge in [-0.05, 0) is 30.3 Å². The molecule has 0 saturated carbocycles. The summed E-state index contributed by atoms with van der Waals surface area (Å²) < 4.78 is 5.22. The second-order valence-electron chi connectivity index (χ2n) is 3.45. The van der Waals surface area contributed by atoms with Crippen LogP contribution in [0.3, 0.4) is 0 Å². The number of benzene rings is 1. The van der Waals surface area contributed by atoms with Crippen LogP contribution in [0.2, 0.25) is 0 Å². The van der Waals surface area contributed by atoms with E-state index in [2.05, 4.69) is 10.2 Å². The van der Waals surface area contributed by atoms with Crippen LogP contribution >= 0.6 is 11.8 Å². The summed E-state index contributed by atoms with van der Waals surface area (Å²) in [7, 11) is 0. The molecule has 5 nitrogen and oxygen atoms in total. The van der Waals surface area contributed by atoms with Gasteiger partial charge in [0, 0.05) is 11.8 Å². The molecule has 0 aliphatic carbocycles. The first kappa shape index (κ1) is 11.7. The van der Waals surface area contributed by atoms with E-state index in [4.69, 9.17) is 9.52 Å². The number of carboxylic acid groups (broad SMARTS) is 1. The summed E-state index contributed by atoms with van der Waals surface area (Å²) in [6.07, 6.45) is 0. The fourth-order valence-corrected chi connectivity index (χ4v) is 2.28. The summed E-state index contributed by atoms with van der Waals surface area (Å²) in [5, 5.41) is 17.0. The molecular weight excluding hydrogens is 240 g/mol. The van der Waals surface area contributed by atoms with E-state index >= 15 is 0 Å². The van der Waals surface area contributed by atoms with Crippen molar-refractivity contribution in [2.24, 2.45) is 0 Å². The molecule has 0 aliphatic rings. The van der Waals surface area contributed by atoms with Crippen molar-refractivity contribution in [2.75, 3.05) is 0 Å². The van der Waals surface area contributed by atoms with Crippen molar-refractivity contribution in [3.63, 3.8) is 0 Å². The number of hydrogen-bond donors (Lipinski definition) is 1. The molecule has 0 fully saturated rings. The van der Waals surface area contributed by atoms with Crippen molar-refractivity contribution in [3.05, 3.63) is 35.2 Å². The van der Waals surface area contributed by atoms with Gasteiger partial charge in [-0.25, -0.2) is 4.79 Å². The third kappa shape index (κ3) is 2.47. The molecule has 2 aromatic rings. The molecule has 0 atom stereocenters. The monoisotopic (exact) mass is 250 g/mol. The van der Waals surface area contributed by atoms with E-state index in [9.17, 15) is 4.79 Å². The van der Waals surface area contributed by atoms with Gasteiger partial charge in [0.1, 0.15) is 0 Å². The summed E-state index contributed by atoms with van der Waals surface area (Å²) >= 11 is 1.17.